The minimum Gasteiger partial charge on any atom is -0.345 e. The summed E-state index contributed by atoms with van der Waals surface area (Å²) < 4.78 is 7.44. The van der Waals surface area contributed by atoms with Crippen molar-refractivity contribution in [2.24, 2.45) is 5.92 Å². The van der Waals surface area contributed by atoms with Crippen LogP contribution in [-0.2, 0) is 22.4 Å². The van der Waals surface area contributed by atoms with Gasteiger partial charge in [-0.15, -0.1) is 0 Å². The maximum Gasteiger partial charge on any atom is 0.142 e. The molecule has 2 heterocycles. The first-order valence-corrected chi connectivity index (χ1v) is 11.6. The first kappa shape index (κ1) is 18.2. The van der Waals surface area contributed by atoms with Crippen molar-refractivity contribution in [2.45, 2.75) is 24.0 Å². The number of aryl methyl sites for hydroxylation is 1. The van der Waals surface area contributed by atoms with E-state index in [2.05, 4.69) is 115 Å². The molecule has 0 radical (unpaired) electrons. The molecule has 2 aliphatic heterocycles. The fraction of sp³-hybridized carbons (Fsp3) is 0.161. The monoisotopic (exact) mass is 412 g/mol. The van der Waals surface area contributed by atoms with E-state index in [1.807, 2.05) is 0 Å². The molecule has 2 bridgehead atoms. The Balaban J connectivity index is 1.61. The molecule has 0 spiro atoms. The van der Waals surface area contributed by atoms with Gasteiger partial charge in [0.15, 0.2) is 0 Å². The minimum atomic E-state index is -0.560. The van der Waals surface area contributed by atoms with Crippen molar-refractivity contribution in [3.63, 3.8) is 0 Å². The van der Waals surface area contributed by atoms with E-state index >= 15 is 0 Å². The highest BCUT2D eigenvalue weighted by Crippen LogP contribution is 2.69. The highest BCUT2D eigenvalue weighted by molar-refractivity contribution is 5.72. The van der Waals surface area contributed by atoms with Gasteiger partial charge in [0.1, 0.15) is 11.2 Å². The summed E-state index contributed by atoms with van der Waals surface area (Å²) in [6.45, 7) is 0. The molecule has 1 aliphatic carbocycles. The fourth-order valence-electron chi connectivity index (χ4n) is 6.49. The van der Waals surface area contributed by atoms with E-state index in [0.717, 1.165) is 12.8 Å². The molecule has 3 aliphatic rings. The van der Waals surface area contributed by atoms with Crippen LogP contribution >= 0.6 is 0 Å². The molecule has 1 nitrogen and oxygen atoms in total. The third kappa shape index (κ3) is 2.17. The number of hydrogen-bond donors (Lipinski definition) is 0. The van der Waals surface area contributed by atoms with Gasteiger partial charge in [0.25, 0.3) is 0 Å². The van der Waals surface area contributed by atoms with Crippen molar-refractivity contribution in [1.82, 2.24) is 0 Å². The van der Waals surface area contributed by atoms with Gasteiger partial charge < -0.3 is 4.74 Å². The van der Waals surface area contributed by atoms with Gasteiger partial charge in [-0.1, -0.05) is 115 Å². The van der Waals surface area contributed by atoms with E-state index in [1.54, 1.807) is 0 Å². The molecular formula is C31H24O. The summed E-state index contributed by atoms with van der Waals surface area (Å²) in [5.41, 5.74) is 8.22. The molecule has 1 saturated heterocycles. The Kier molecular flexibility index (Phi) is 3.72. The van der Waals surface area contributed by atoms with E-state index in [-0.39, 0.29) is 5.92 Å². The van der Waals surface area contributed by atoms with Gasteiger partial charge in [-0.2, -0.15) is 0 Å². The molecule has 1 fully saturated rings. The van der Waals surface area contributed by atoms with Crippen molar-refractivity contribution in [3.8, 4) is 0 Å². The van der Waals surface area contributed by atoms with Gasteiger partial charge in [0.05, 0.1) is 0 Å². The van der Waals surface area contributed by atoms with Crippen LogP contribution < -0.4 is 0 Å². The van der Waals surface area contributed by atoms with E-state index in [1.165, 1.54) is 39.0 Å². The minimum absolute atomic E-state index is 0.285. The van der Waals surface area contributed by atoms with Crippen LogP contribution in [-0.4, -0.2) is 0 Å². The lowest BCUT2D eigenvalue weighted by molar-refractivity contribution is -0.0483. The van der Waals surface area contributed by atoms with E-state index in [4.69, 9.17) is 4.74 Å². The standard InChI is InChI=1S/C31H24O/c1-3-13-24(14-4-1)30-26-17-9-10-18-27(26)31(32-30,25-15-5-2-6-16-25)29-21-23-12-8-7-11-22(23)19-20-28(29)30/h1-18,21,28H,19-20H2/t28-,30?,31?/m1/s1. The molecule has 0 aromatic heterocycles. The van der Waals surface area contributed by atoms with Gasteiger partial charge >= 0.3 is 0 Å². The number of rotatable bonds is 2. The van der Waals surface area contributed by atoms with Crippen molar-refractivity contribution < 1.29 is 4.74 Å². The van der Waals surface area contributed by atoms with Crippen LogP contribution in [0.5, 0.6) is 0 Å². The van der Waals surface area contributed by atoms with Gasteiger partial charge in [0, 0.05) is 5.92 Å². The zero-order valence-electron chi connectivity index (χ0n) is 17.9. The van der Waals surface area contributed by atoms with Crippen LogP contribution in [0.4, 0.5) is 0 Å². The Morgan fingerprint density at radius 3 is 2.03 bits per heavy atom. The Hall–Kier alpha value is -3.42. The SMILES string of the molecule is C1=C2[C@@H](CCc3ccccc31)C1(c3ccccc3)OC2(c2ccccc2)c2ccccc21. The summed E-state index contributed by atoms with van der Waals surface area (Å²) >= 11 is 0. The van der Waals surface area contributed by atoms with Gasteiger partial charge in [0.2, 0.25) is 0 Å². The summed E-state index contributed by atoms with van der Waals surface area (Å²) in [7, 11) is 0. The molecule has 2 unspecified atom stereocenters. The predicted octanol–water partition coefficient (Wildman–Crippen LogP) is 6.86. The van der Waals surface area contributed by atoms with Crippen LogP contribution in [0.1, 0.15) is 39.8 Å². The molecule has 0 N–H and O–H groups in total. The van der Waals surface area contributed by atoms with Gasteiger partial charge in [-0.25, -0.2) is 0 Å². The number of fused-ring (bicyclic) bond motifs is 9. The second-order valence-electron chi connectivity index (χ2n) is 9.19. The van der Waals surface area contributed by atoms with Crippen LogP contribution in [0.15, 0.2) is 115 Å². The molecule has 4 aromatic rings. The van der Waals surface area contributed by atoms with Crippen LogP contribution in [0, 0.1) is 5.92 Å². The van der Waals surface area contributed by atoms with Crippen molar-refractivity contribution in [3.05, 3.63) is 148 Å². The lowest BCUT2D eigenvalue weighted by Crippen LogP contribution is -2.35. The van der Waals surface area contributed by atoms with Gasteiger partial charge in [-0.3, -0.25) is 0 Å². The van der Waals surface area contributed by atoms with Crippen LogP contribution in [0.3, 0.4) is 0 Å². The van der Waals surface area contributed by atoms with Crippen molar-refractivity contribution in [1.29, 1.82) is 0 Å². The molecule has 0 amide bonds. The van der Waals surface area contributed by atoms with E-state index in [9.17, 15) is 0 Å². The largest absolute Gasteiger partial charge is 0.345 e. The zero-order valence-corrected chi connectivity index (χ0v) is 17.9. The fourth-order valence-corrected chi connectivity index (χ4v) is 6.49. The highest BCUT2D eigenvalue weighted by atomic mass is 16.5. The third-order valence-electron chi connectivity index (χ3n) is 7.74. The lowest BCUT2D eigenvalue weighted by Gasteiger charge is -2.36. The zero-order chi connectivity index (χ0) is 21.2. The second kappa shape index (κ2) is 6.54. The average molecular weight is 413 g/mol. The summed E-state index contributed by atoms with van der Waals surface area (Å²) in [5.74, 6) is 0.285. The summed E-state index contributed by atoms with van der Waals surface area (Å²) in [4.78, 5) is 0. The first-order valence-electron chi connectivity index (χ1n) is 11.6. The predicted molar refractivity (Wildman–Crippen MR) is 128 cm³/mol. The van der Waals surface area contributed by atoms with E-state index in [0.29, 0.717) is 0 Å². The Labute approximate surface area is 189 Å². The number of ether oxygens (including phenoxy) is 1. The normalized spacial score (nSPS) is 27.1. The molecule has 1 heteroatoms. The average Bonchev–Trinajstić information content (AvgIpc) is 3.24. The van der Waals surface area contributed by atoms with Crippen LogP contribution in [0.2, 0.25) is 0 Å². The Morgan fingerprint density at radius 2 is 1.25 bits per heavy atom. The van der Waals surface area contributed by atoms with Gasteiger partial charge in [-0.05, 0) is 51.8 Å². The molecule has 3 atom stereocenters. The van der Waals surface area contributed by atoms with Crippen molar-refractivity contribution >= 4 is 6.08 Å². The molecule has 7 rings (SSSR count). The number of hydrogen-bond acceptors (Lipinski definition) is 1. The summed E-state index contributed by atoms with van der Waals surface area (Å²) in [6, 6.07) is 39.5. The first-order chi connectivity index (χ1) is 15.8. The molecule has 4 aromatic carbocycles. The van der Waals surface area contributed by atoms with Crippen LogP contribution in [0.25, 0.3) is 6.08 Å². The molecule has 154 valence electrons. The smallest absolute Gasteiger partial charge is 0.142 e. The summed E-state index contributed by atoms with van der Waals surface area (Å²) in [5, 5.41) is 0. The maximum absolute atomic E-state index is 7.44. The third-order valence-corrected chi connectivity index (χ3v) is 7.74. The molecular weight excluding hydrogens is 388 g/mol. The maximum atomic E-state index is 7.44. The lowest BCUT2D eigenvalue weighted by atomic mass is 9.62. The van der Waals surface area contributed by atoms with E-state index < -0.39 is 11.2 Å². The Bertz CT molecular complexity index is 1350. The number of benzene rings is 4. The molecule has 0 saturated carbocycles. The molecule has 32 heavy (non-hydrogen) atoms. The van der Waals surface area contributed by atoms with Crippen molar-refractivity contribution in [2.75, 3.05) is 0 Å². The second-order valence-corrected chi connectivity index (χ2v) is 9.19. The topological polar surface area (TPSA) is 9.23 Å². The summed E-state index contributed by atoms with van der Waals surface area (Å²) in [6.07, 6.45) is 4.58. The Morgan fingerprint density at radius 1 is 0.625 bits per heavy atom. The quantitative estimate of drug-likeness (QED) is 0.349. The highest BCUT2D eigenvalue weighted by Gasteiger charge is 2.68.